The summed E-state index contributed by atoms with van der Waals surface area (Å²) in [5, 5.41) is 9.20. The van der Waals surface area contributed by atoms with Crippen LogP contribution in [0.1, 0.15) is 63.8 Å². The second-order valence-corrected chi connectivity index (χ2v) is 16.3. The maximum atomic E-state index is 13.5. The van der Waals surface area contributed by atoms with Gasteiger partial charge in [0.15, 0.2) is 0 Å². The smallest absolute Gasteiger partial charge is 0.385 e. The van der Waals surface area contributed by atoms with Crippen molar-refractivity contribution >= 4 is 38.9 Å². The summed E-state index contributed by atoms with van der Waals surface area (Å²) in [4.78, 5) is 13.1. The minimum Gasteiger partial charge on any atom is -0.487 e. The Hall–Kier alpha value is -5.31. The summed E-state index contributed by atoms with van der Waals surface area (Å²) in [5.41, 5.74) is 8.52. The number of aryl methyl sites for hydroxylation is 2. The Labute approximate surface area is 349 Å². The molecule has 1 unspecified atom stereocenters. The van der Waals surface area contributed by atoms with Crippen molar-refractivity contribution in [2.45, 2.75) is 66.0 Å². The van der Waals surface area contributed by atoms with E-state index in [2.05, 4.69) is 10.3 Å². The fourth-order valence-corrected chi connectivity index (χ4v) is 8.41. The van der Waals surface area contributed by atoms with Crippen molar-refractivity contribution in [3.63, 3.8) is 0 Å². The van der Waals surface area contributed by atoms with E-state index in [9.17, 15) is 13.2 Å². The summed E-state index contributed by atoms with van der Waals surface area (Å²) < 4.78 is 58.7. The van der Waals surface area contributed by atoms with Gasteiger partial charge in [-0.25, -0.2) is 4.68 Å². The van der Waals surface area contributed by atoms with E-state index in [0.717, 1.165) is 50.0 Å². The molecule has 1 aliphatic rings. The summed E-state index contributed by atoms with van der Waals surface area (Å²) >= 11 is 6.50. The number of carbonyl (C=O) groups excluding carboxylic acids is 1. The van der Waals surface area contributed by atoms with Crippen molar-refractivity contribution in [2.75, 3.05) is 26.4 Å². The predicted molar refractivity (Wildman–Crippen MR) is 224 cm³/mol. The lowest BCUT2D eigenvalue weighted by Gasteiger charge is -2.29. The quantitative estimate of drug-likeness (QED) is 0.0616. The number of carbonyl (C=O) groups is 1. The maximum Gasteiger partial charge on any atom is 0.385 e. The second kappa shape index (κ2) is 19.2. The zero-order valence-corrected chi connectivity index (χ0v) is 34.9. The number of hydrogen-bond donors (Lipinski definition) is 0. The monoisotopic (exact) mass is 838 g/mol. The van der Waals surface area contributed by atoms with Crippen LogP contribution in [0.25, 0.3) is 11.0 Å². The van der Waals surface area contributed by atoms with E-state index in [-0.39, 0.29) is 42.9 Å². The van der Waals surface area contributed by atoms with Gasteiger partial charge in [-0.2, -0.15) is 12.7 Å². The van der Waals surface area contributed by atoms with Gasteiger partial charge in [-0.3, -0.25) is 4.79 Å². The van der Waals surface area contributed by atoms with Crippen molar-refractivity contribution in [2.24, 2.45) is 0 Å². The number of fused-ring (bicyclic) bond motifs is 2. The van der Waals surface area contributed by atoms with Crippen molar-refractivity contribution in [1.29, 1.82) is 0 Å². The maximum absolute atomic E-state index is 13.5. The highest BCUT2D eigenvalue weighted by Gasteiger charge is 2.33. The summed E-state index contributed by atoms with van der Waals surface area (Å²) in [6.45, 7) is 8.72. The molecule has 1 aromatic heterocycles. The van der Waals surface area contributed by atoms with E-state index in [1.807, 2.05) is 110 Å². The first-order chi connectivity index (χ1) is 28.6. The number of halogens is 1. The van der Waals surface area contributed by atoms with Gasteiger partial charge in [-0.1, -0.05) is 102 Å². The number of esters is 1. The van der Waals surface area contributed by atoms with E-state index in [0.29, 0.717) is 50.9 Å². The van der Waals surface area contributed by atoms with Gasteiger partial charge in [0.25, 0.3) is 0 Å². The van der Waals surface area contributed by atoms with Crippen LogP contribution >= 0.6 is 11.6 Å². The fraction of sp³-hybridized carbons (Fsp3) is 0.311. The SMILES string of the molecule is CCOC(=O)CC(c1ccc(C)c(CN2Cc3cc(OCc4ccccc4)c(Cl)cc3OS2(=O)=O)c1)c1ccc2c(nnn2CCOCCOCc2ccccc2)c1C. The lowest BCUT2D eigenvalue weighted by Crippen LogP contribution is -2.37. The van der Waals surface area contributed by atoms with Crippen molar-refractivity contribution in [3.8, 4) is 11.5 Å². The highest BCUT2D eigenvalue weighted by molar-refractivity contribution is 7.84. The molecule has 0 amide bonds. The molecule has 0 spiro atoms. The summed E-state index contributed by atoms with van der Waals surface area (Å²) in [6, 6.07) is 32.7. The molecular weight excluding hydrogens is 792 g/mol. The molecule has 1 atom stereocenters. The number of hydrogen-bond acceptors (Lipinski definition) is 10. The molecule has 308 valence electrons. The average molecular weight is 839 g/mol. The van der Waals surface area contributed by atoms with E-state index in [1.54, 1.807) is 13.0 Å². The van der Waals surface area contributed by atoms with Gasteiger partial charge in [-0.05, 0) is 71.8 Å². The molecule has 6 aromatic rings. The summed E-state index contributed by atoms with van der Waals surface area (Å²) in [5.74, 6) is -0.167. The Morgan fingerprint density at radius 1 is 0.881 bits per heavy atom. The minimum absolute atomic E-state index is 0.0317. The van der Waals surface area contributed by atoms with Gasteiger partial charge in [0.2, 0.25) is 0 Å². The third kappa shape index (κ3) is 10.3. The molecular formula is C45H47ClN4O8S. The third-order valence-electron chi connectivity index (χ3n) is 10.3. The summed E-state index contributed by atoms with van der Waals surface area (Å²) in [6.07, 6.45) is 0.0715. The van der Waals surface area contributed by atoms with Crippen molar-refractivity contribution in [3.05, 3.63) is 153 Å². The molecule has 14 heteroatoms. The first kappa shape index (κ1) is 41.8. The average Bonchev–Trinajstić information content (AvgIpc) is 3.65. The first-order valence-electron chi connectivity index (χ1n) is 19.6. The Morgan fingerprint density at radius 3 is 2.36 bits per heavy atom. The van der Waals surface area contributed by atoms with Crippen LogP contribution in [0.5, 0.6) is 11.5 Å². The van der Waals surface area contributed by atoms with Crippen LogP contribution in [0.4, 0.5) is 0 Å². The van der Waals surface area contributed by atoms with Gasteiger partial charge < -0.3 is 23.1 Å². The number of ether oxygens (including phenoxy) is 4. The molecule has 2 heterocycles. The molecule has 5 aromatic carbocycles. The molecule has 59 heavy (non-hydrogen) atoms. The molecule has 0 N–H and O–H groups in total. The minimum atomic E-state index is -4.17. The van der Waals surface area contributed by atoms with Gasteiger partial charge in [0, 0.05) is 30.6 Å². The normalized spacial score (nSPS) is 14.1. The van der Waals surface area contributed by atoms with Crippen LogP contribution in [0, 0.1) is 13.8 Å². The Kier molecular flexibility index (Phi) is 13.6. The zero-order valence-electron chi connectivity index (χ0n) is 33.3. The van der Waals surface area contributed by atoms with Crippen molar-refractivity contribution in [1.82, 2.24) is 19.3 Å². The van der Waals surface area contributed by atoms with Gasteiger partial charge in [-0.15, -0.1) is 5.10 Å². The Balaban J connectivity index is 1.07. The van der Waals surface area contributed by atoms with Crippen LogP contribution in [0.15, 0.2) is 103 Å². The molecule has 7 rings (SSSR count). The molecule has 0 radical (unpaired) electrons. The number of rotatable bonds is 18. The van der Waals surface area contributed by atoms with E-state index < -0.39 is 16.2 Å². The predicted octanol–water partition coefficient (Wildman–Crippen LogP) is 8.24. The second-order valence-electron chi connectivity index (χ2n) is 14.3. The Morgan fingerprint density at radius 2 is 1.61 bits per heavy atom. The van der Waals surface area contributed by atoms with Crippen LogP contribution in [-0.4, -0.2) is 60.1 Å². The van der Waals surface area contributed by atoms with Gasteiger partial charge in [0.1, 0.15) is 23.6 Å². The molecule has 12 nitrogen and oxygen atoms in total. The number of benzene rings is 5. The van der Waals surface area contributed by atoms with Crippen LogP contribution in [-0.2, 0) is 62.2 Å². The van der Waals surface area contributed by atoms with E-state index in [1.165, 1.54) is 10.4 Å². The van der Waals surface area contributed by atoms with Gasteiger partial charge in [0.05, 0.1) is 56.5 Å². The third-order valence-corrected chi connectivity index (χ3v) is 11.9. The standard InChI is InChI=1S/C45H47ClN4O8S/c1-4-56-44(51)25-39(38-17-18-41-45(32(38)3)47-48-50(41)19-20-54-21-22-55-29-33-11-7-5-8-12-33)35-16-15-31(2)36(23-35)27-49-28-37-24-43(57-30-34-13-9-6-10-14-34)40(46)26-42(37)58-59(49,52)53/h5-18,23-24,26,39H,4,19-22,25,27-30H2,1-3H3. The number of nitrogens with zero attached hydrogens (tertiary/aromatic N) is 4. The molecule has 0 saturated carbocycles. The van der Waals surface area contributed by atoms with Crippen LogP contribution in [0.3, 0.4) is 0 Å². The highest BCUT2D eigenvalue weighted by atomic mass is 35.5. The van der Waals surface area contributed by atoms with Crippen LogP contribution in [0.2, 0.25) is 5.02 Å². The van der Waals surface area contributed by atoms with E-state index in [4.69, 9.17) is 34.7 Å². The topological polar surface area (TPSA) is 131 Å². The van der Waals surface area contributed by atoms with E-state index >= 15 is 0 Å². The van der Waals surface area contributed by atoms with Crippen molar-refractivity contribution < 1.29 is 36.3 Å². The molecule has 1 aliphatic heterocycles. The van der Waals surface area contributed by atoms with Gasteiger partial charge >= 0.3 is 16.3 Å². The number of aromatic nitrogens is 3. The molecule has 0 saturated heterocycles. The molecule has 0 bridgehead atoms. The fourth-order valence-electron chi connectivity index (χ4n) is 7.12. The first-order valence-corrected chi connectivity index (χ1v) is 21.3. The molecule has 0 aliphatic carbocycles. The lowest BCUT2D eigenvalue weighted by molar-refractivity contribution is -0.143. The largest absolute Gasteiger partial charge is 0.487 e. The van der Waals surface area contributed by atoms with Crippen LogP contribution < -0.4 is 8.92 Å². The Bertz CT molecular complexity index is 2500. The lowest BCUT2D eigenvalue weighted by atomic mass is 9.84. The summed E-state index contributed by atoms with van der Waals surface area (Å²) in [7, 11) is -4.17. The highest BCUT2D eigenvalue weighted by Crippen LogP contribution is 2.39. The molecule has 0 fully saturated rings. The zero-order chi connectivity index (χ0) is 41.4.